The van der Waals surface area contributed by atoms with E-state index in [1.807, 2.05) is 0 Å². The van der Waals surface area contributed by atoms with Crippen LogP contribution in [0.4, 0.5) is 19.0 Å². The summed E-state index contributed by atoms with van der Waals surface area (Å²) < 4.78 is 42.0. The molecule has 3 rings (SSSR count). The van der Waals surface area contributed by atoms with Gasteiger partial charge in [0.1, 0.15) is 11.6 Å². The number of halogens is 3. The summed E-state index contributed by atoms with van der Waals surface area (Å²) in [5.41, 5.74) is 0.468. The monoisotopic (exact) mass is 293 g/mol. The number of nitrogens with zero attached hydrogens (tertiary/aromatic N) is 4. The fourth-order valence-electron chi connectivity index (χ4n) is 1.98. The van der Waals surface area contributed by atoms with Crippen LogP contribution in [0.15, 0.2) is 24.5 Å². The number of anilines is 1. The minimum Gasteiger partial charge on any atom is -0.364 e. The smallest absolute Gasteiger partial charge is 0.312 e. The molecule has 0 saturated heterocycles. The third-order valence-electron chi connectivity index (χ3n) is 3.03. The van der Waals surface area contributed by atoms with Crippen LogP contribution < -0.4 is 5.32 Å². The van der Waals surface area contributed by atoms with Gasteiger partial charge in [-0.2, -0.15) is 14.4 Å². The van der Waals surface area contributed by atoms with Gasteiger partial charge in [0, 0.05) is 19.2 Å². The van der Waals surface area contributed by atoms with Crippen molar-refractivity contribution in [2.45, 2.75) is 6.54 Å². The maximum absolute atomic E-state index is 13.5. The van der Waals surface area contributed by atoms with Crippen LogP contribution in [0.25, 0.3) is 11.2 Å². The van der Waals surface area contributed by atoms with Crippen LogP contribution in [0, 0.1) is 17.7 Å². The molecule has 0 fully saturated rings. The maximum atomic E-state index is 13.5. The van der Waals surface area contributed by atoms with Crippen LogP contribution in [0.1, 0.15) is 5.56 Å². The summed E-state index contributed by atoms with van der Waals surface area (Å²) in [5.74, 6) is -1.29. The lowest BCUT2D eigenvalue weighted by Crippen LogP contribution is -2.08. The van der Waals surface area contributed by atoms with E-state index in [0.717, 1.165) is 12.1 Å². The van der Waals surface area contributed by atoms with E-state index in [9.17, 15) is 13.2 Å². The van der Waals surface area contributed by atoms with E-state index in [0.29, 0.717) is 11.2 Å². The molecule has 21 heavy (non-hydrogen) atoms. The lowest BCUT2D eigenvalue weighted by atomic mass is 10.2. The Balaban J connectivity index is 1.95. The van der Waals surface area contributed by atoms with E-state index in [-0.39, 0.29) is 17.9 Å². The SMILES string of the molecule is Cn1cnc2c(NCc3c(F)cccc3F)nc(F)nc21. The zero-order valence-corrected chi connectivity index (χ0v) is 10.9. The Hall–Kier alpha value is -2.64. The second-order valence-electron chi connectivity index (χ2n) is 4.42. The number of aryl methyl sites for hydroxylation is 1. The van der Waals surface area contributed by atoms with Gasteiger partial charge in [-0.05, 0) is 12.1 Å². The van der Waals surface area contributed by atoms with Gasteiger partial charge >= 0.3 is 6.08 Å². The summed E-state index contributed by atoms with van der Waals surface area (Å²) in [6.45, 7) is -0.180. The van der Waals surface area contributed by atoms with Crippen LogP contribution in [-0.4, -0.2) is 19.5 Å². The Morgan fingerprint density at radius 3 is 2.57 bits per heavy atom. The van der Waals surface area contributed by atoms with Crippen LogP contribution in [0.2, 0.25) is 0 Å². The molecule has 0 aliphatic carbocycles. The van der Waals surface area contributed by atoms with Gasteiger partial charge in [-0.1, -0.05) is 6.07 Å². The van der Waals surface area contributed by atoms with E-state index in [1.165, 1.54) is 17.0 Å². The molecule has 8 heteroatoms. The summed E-state index contributed by atoms with van der Waals surface area (Å²) in [6, 6.07) is 3.57. The van der Waals surface area contributed by atoms with Gasteiger partial charge < -0.3 is 9.88 Å². The maximum Gasteiger partial charge on any atom is 0.312 e. The highest BCUT2D eigenvalue weighted by atomic mass is 19.1. The third-order valence-corrected chi connectivity index (χ3v) is 3.03. The van der Waals surface area contributed by atoms with Crippen LogP contribution in [-0.2, 0) is 13.6 Å². The summed E-state index contributed by atoms with van der Waals surface area (Å²) in [5, 5.41) is 2.69. The van der Waals surface area contributed by atoms with Gasteiger partial charge in [-0.15, -0.1) is 0 Å². The van der Waals surface area contributed by atoms with Gasteiger partial charge in [-0.3, -0.25) is 0 Å². The molecule has 2 heterocycles. The third kappa shape index (κ3) is 2.39. The molecule has 0 saturated carbocycles. The molecule has 5 nitrogen and oxygen atoms in total. The average molecular weight is 293 g/mol. The molecule has 0 spiro atoms. The second-order valence-corrected chi connectivity index (χ2v) is 4.42. The van der Waals surface area contributed by atoms with Crippen molar-refractivity contribution in [1.29, 1.82) is 0 Å². The zero-order valence-electron chi connectivity index (χ0n) is 10.9. The normalized spacial score (nSPS) is 11.0. The number of hydrogen-bond donors (Lipinski definition) is 1. The van der Waals surface area contributed by atoms with Crippen molar-refractivity contribution in [3.63, 3.8) is 0 Å². The lowest BCUT2D eigenvalue weighted by Gasteiger charge is -2.08. The highest BCUT2D eigenvalue weighted by Crippen LogP contribution is 2.20. The first-order chi connectivity index (χ1) is 10.1. The summed E-state index contributed by atoms with van der Waals surface area (Å²) >= 11 is 0. The molecule has 0 amide bonds. The molecule has 108 valence electrons. The highest BCUT2D eigenvalue weighted by molar-refractivity contribution is 5.82. The van der Waals surface area contributed by atoms with Crippen molar-refractivity contribution in [2.24, 2.45) is 7.05 Å². The molecule has 0 radical (unpaired) electrons. The molecule has 0 atom stereocenters. The van der Waals surface area contributed by atoms with Crippen molar-refractivity contribution in [2.75, 3.05) is 5.32 Å². The number of aromatic nitrogens is 4. The molecule has 2 aromatic heterocycles. The topological polar surface area (TPSA) is 55.6 Å². The van der Waals surface area contributed by atoms with E-state index in [4.69, 9.17) is 0 Å². The standard InChI is InChI=1S/C13H10F3N5/c1-21-6-18-10-11(19-13(16)20-12(10)21)17-5-7-8(14)3-2-4-9(7)15/h2-4,6H,5H2,1H3,(H,17,19,20). The molecular weight excluding hydrogens is 283 g/mol. The lowest BCUT2D eigenvalue weighted by molar-refractivity contribution is 0.542. The van der Waals surface area contributed by atoms with Crippen molar-refractivity contribution >= 4 is 17.0 Å². The van der Waals surface area contributed by atoms with E-state index in [2.05, 4.69) is 20.3 Å². The van der Waals surface area contributed by atoms with Gasteiger partial charge in [-0.25, -0.2) is 13.8 Å². The van der Waals surface area contributed by atoms with Crippen molar-refractivity contribution in [3.05, 3.63) is 47.8 Å². The molecule has 0 unspecified atom stereocenters. The molecule has 3 aromatic rings. The Morgan fingerprint density at radius 1 is 1.14 bits per heavy atom. The Kier molecular flexibility index (Phi) is 3.20. The van der Waals surface area contributed by atoms with E-state index < -0.39 is 17.7 Å². The van der Waals surface area contributed by atoms with Gasteiger partial charge in [0.25, 0.3) is 0 Å². The van der Waals surface area contributed by atoms with Crippen LogP contribution >= 0.6 is 0 Å². The zero-order chi connectivity index (χ0) is 15.0. The number of hydrogen-bond acceptors (Lipinski definition) is 4. The quantitative estimate of drug-likeness (QED) is 0.753. The first kappa shape index (κ1) is 13.3. The molecular formula is C13H10F3N5. The summed E-state index contributed by atoms with van der Waals surface area (Å²) in [6.07, 6.45) is 0.510. The summed E-state index contributed by atoms with van der Waals surface area (Å²) in [4.78, 5) is 11.2. The van der Waals surface area contributed by atoms with Gasteiger partial charge in [0.15, 0.2) is 17.0 Å². The molecule has 1 aromatic carbocycles. The average Bonchev–Trinajstić information content (AvgIpc) is 2.80. The van der Waals surface area contributed by atoms with Crippen molar-refractivity contribution in [1.82, 2.24) is 19.5 Å². The molecule has 0 aliphatic rings. The van der Waals surface area contributed by atoms with Crippen LogP contribution in [0.5, 0.6) is 0 Å². The highest BCUT2D eigenvalue weighted by Gasteiger charge is 2.14. The predicted molar refractivity (Wildman–Crippen MR) is 69.9 cm³/mol. The van der Waals surface area contributed by atoms with Crippen LogP contribution in [0.3, 0.4) is 0 Å². The largest absolute Gasteiger partial charge is 0.364 e. The number of fused-ring (bicyclic) bond motifs is 1. The Bertz CT molecular complexity index is 795. The second kappa shape index (κ2) is 5.04. The number of imidazole rings is 1. The Morgan fingerprint density at radius 2 is 1.86 bits per heavy atom. The molecule has 0 bridgehead atoms. The van der Waals surface area contributed by atoms with Gasteiger partial charge in [0.05, 0.1) is 6.33 Å². The summed E-state index contributed by atoms with van der Waals surface area (Å²) in [7, 11) is 1.65. The number of benzene rings is 1. The molecule has 1 N–H and O–H groups in total. The van der Waals surface area contributed by atoms with E-state index >= 15 is 0 Å². The predicted octanol–water partition coefficient (Wildman–Crippen LogP) is 2.39. The fourth-order valence-corrected chi connectivity index (χ4v) is 1.98. The number of nitrogens with one attached hydrogen (secondary N) is 1. The first-order valence-corrected chi connectivity index (χ1v) is 6.07. The van der Waals surface area contributed by atoms with E-state index in [1.54, 1.807) is 7.05 Å². The number of rotatable bonds is 3. The minimum absolute atomic E-state index is 0.0840. The van der Waals surface area contributed by atoms with Gasteiger partial charge in [0.2, 0.25) is 0 Å². The fraction of sp³-hybridized carbons (Fsp3) is 0.154. The van der Waals surface area contributed by atoms with Crippen molar-refractivity contribution in [3.8, 4) is 0 Å². The van der Waals surface area contributed by atoms with Crippen molar-refractivity contribution < 1.29 is 13.2 Å². The minimum atomic E-state index is -0.942. The Labute approximate surface area is 117 Å². The molecule has 0 aliphatic heterocycles. The first-order valence-electron chi connectivity index (χ1n) is 6.07.